The second-order valence-corrected chi connectivity index (χ2v) is 7.70. The van der Waals surface area contributed by atoms with E-state index in [0.717, 1.165) is 38.2 Å². The summed E-state index contributed by atoms with van der Waals surface area (Å²) in [4.78, 5) is 24.5. The standard InChI is InChI=1S/C20H17ClN4OS/c1-11-6-7-16-13(8-11)18-19(25-16)20(23-10-22-18)27-9-17(26)24-15-5-3-4-14(21)12(15)2/h3-8,10,25H,9H2,1-2H3,(H,24,26). The van der Waals surface area contributed by atoms with Gasteiger partial charge in [-0.25, -0.2) is 9.97 Å². The maximum Gasteiger partial charge on any atom is 0.234 e. The van der Waals surface area contributed by atoms with Gasteiger partial charge in [-0.2, -0.15) is 0 Å². The minimum Gasteiger partial charge on any atom is -0.351 e. The highest BCUT2D eigenvalue weighted by atomic mass is 35.5. The summed E-state index contributed by atoms with van der Waals surface area (Å²) in [6, 6.07) is 11.7. The van der Waals surface area contributed by atoms with E-state index in [1.54, 1.807) is 12.4 Å². The van der Waals surface area contributed by atoms with E-state index in [9.17, 15) is 4.79 Å². The fourth-order valence-corrected chi connectivity index (χ4v) is 3.88. The maximum atomic E-state index is 12.4. The molecule has 0 saturated carbocycles. The minimum absolute atomic E-state index is 0.107. The molecule has 0 aliphatic heterocycles. The first-order valence-corrected chi connectivity index (χ1v) is 9.80. The van der Waals surface area contributed by atoms with Crippen LogP contribution in [0.5, 0.6) is 0 Å². The average Bonchev–Trinajstić information content (AvgIpc) is 3.02. The van der Waals surface area contributed by atoms with Crippen molar-refractivity contribution in [1.29, 1.82) is 0 Å². The molecule has 0 saturated heterocycles. The molecule has 5 nitrogen and oxygen atoms in total. The molecular weight excluding hydrogens is 380 g/mol. The summed E-state index contributed by atoms with van der Waals surface area (Å²) in [6.45, 7) is 3.93. The zero-order chi connectivity index (χ0) is 19.0. The summed E-state index contributed by atoms with van der Waals surface area (Å²) in [7, 11) is 0. The van der Waals surface area contributed by atoms with Crippen LogP contribution in [0.25, 0.3) is 21.9 Å². The lowest BCUT2D eigenvalue weighted by Gasteiger charge is -2.09. The third kappa shape index (κ3) is 3.50. The first-order chi connectivity index (χ1) is 13.0. The SMILES string of the molecule is Cc1ccc2[nH]c3c(SCC(=O)Nc4cccc(Cl)c4C)ncnc3c2c1. The summed E-state index contributed by atoms with van der Waals surface area (Å²) in [5.74, 6) is 0.135. The number of carbonyl (C=O) groups excluding carboxylic acids is 1. The number of rotatable bonds is 4. The van der Waals surface area contributed by atoms with Crippen LogP contribution in [0.3, 0.4) is 0 Å². The van der Waals surface area contributed by atoms with Crippen LogP contribution in [0.15, 0.2) is 47.8 Å². The molecule has 136 valence electrons. The van der Waals surface area contributed by atoms with E-state index >= 15 is 0 Å². The molecule has 2 aromatic heterocycles. The van der Waals surface area contributed by atoms with Crippen LogP contribution in [-0.4, -0.2) is 26.6 Å². The number of fused-ring (bicyclic) bond motifs is 3. The second kappa shape index (κ2) is 7.21. The Morgan fingerprint density at radius 2 is 2.07 bits per heavy atom. The predicted octanol–water partition coefficient (Wildman–Crippen LogP) is 5.11. The normalized spacial score (nSPS) is 11.2. The molecule has 0 bridgehead atoms. The highest BCUT2D eigenvalue weighted by Crippen LogP contribution is 2.30. The quantitative estimate of drug-likeness (QED) is 0.371. The van der Waals surface area contributed by atoms with E-state index < -0.39 is 0 Å². The molecule has 7 heteroatoms. The maximum absolute atomic E-state index is 12.4. The molecule has 1 amide bonds. The van der Waals surface area contributed by atoms with Gasteiger partial charge in [-0.15, -0.1) is 0 Å². The Labute approximate surface area is 165 Å². The number of benzene rings is 2. The Bertz CT molecular complexity index is 1170. The van der Waals surface area contributed by atoms with Gasteiger partial charge in [0.2, 0.25) is 5.91 Å². The van der Waals surface area contributed by atoms with Crippen LogP contribution in [-0.2, 0) is 4.79 Å². The number of thioether (sulfide) groups is 1. The van der Waals surface area contributed by atoms with E-state index in [0.29, 0.717) is 5.02 Å². The van der Waals surface area contributed by atoms with Crippen molar-refractivity contribution >= 4 is 56.9 Å². The molecule has 0 unspecified atom stereocenters. The topological polar surface area (TPSA) is 70.7 Å². The number of aromatic amines is 1. The highest BCUT2D eigenvalue weighted by molar-refractivity contribution is 8.00. The van der Waals surface area contributed by atoms with Crippen LogP contribution in [0.4, 0.5) is 5.69 Å². The molecule has 4 aromatic rings. The van der Waals surface area contributed by atoms with E-state index in [1.807, 2.05) is 25.1 Å². The van der Waals surface area contributed by atoms with Crippen LogP contribution >= 0.6 is 23.4 Å². The molecule has 0 aliphatic rings. The van der Waals surface area contributed by atoms with Crippen molar-refractivity contribution in [2.75, 3.05) is 11.1 Å². The summed E-state index contributed by atoms with van der Waals surface area (Å²) < 4.78 is 0. The number of halogens is 1. The Morgan fingerprint density at radius 1 is 1.22 bits per heavy atom. The number of aryl methyl sites for hydroxylation is 1. The summed E-state index contributed by atoms with van der Waals surface area (Å²) >= 11 is 7.49. The summed E-state index contributed by atoms with van der Waals surface area (Å²) in [5.41, 5.74) is 5.49. The van der Waals surface area contributed by atoms with Crippen LogP contribution < -0.4 is 5.32 Å². The van der Waals surface area contributed by atoms with Crippen LogP contribution in [0.2, 0.25) is 5.02 Å². The van der Waals surface area contributed by atoms with Gasteiger partial charge >= 0.3 is 0 Å². The molecule has 2 heterocycles. The van der Waals surface area contributed by atoms with Gasteiger partial charge in [-0.05, 0) is 43.7 Å². The number of nitrogens with one attached hydrogen (secondary N) is 2. The van der Waals surface area contributed by atoms with E-state index in [-0.39, 0.29) is 11.7 Å². The van der Waals surface area contributed by atoms with E-state index in [2.05, 4.69) is 39.3 Å². The minimum atomic E-state index is -0.107. The first kappa shape index (κ1) is 17.8. The van der Waals surface area contributed by atoms with E-state index in [1.165, 1.54) is 17.3 Å². The lowest BCUT2D eigenvalue weighted by atomic mass is 10.2. The molecular formula is C20H17ClN4OS. The van der Waals surface area contributed by atoms with Gasteiger partial charge in [0, 0.05) is 21.6 Å². The van der Waals surface area contributed by atoms with Crippen molar-refractivity contribution in [3.63, 3.8) is 0 Å². The third-order valence-electron chi connectivity index (χ3n) is 4.38. The summed E-state index contributed by atoms with van der Waals surface area (Å²) in [5, 5.41) is 5.36. The van der Waals surface area contributed by atoms with Crippen molar-refractivity contribution in [2.24, 2.45) is 0 Å². The molecule has 4 rings (SSSR count). The molecule has 2 aromatic carbocycles. The van der Waals surface area contributed by atoms with Crippen LogP contribution in [0, 0.1) is 13.8 Å². The molecule has 0 radical (unpaired) electrons. The number of anilines is 1. The zero-order valence-corrected chi connectivity index (χ0v) is 16.4. The lowest BCUT2D eigenvalue weighted by molar-refractivity contribution is -0.113. The molecule has 2 N–H and O–H groups in total. The van der Waals surface area contributed by atoms with Gasteiger partial charge in [-0.3, -0.25) is 4.79 Å². The number of H-pyrrole nitrogens is 1. The van der Waals surface area contributed by atoms with Crippen molar-refractivity contribution in [1.82, 2.24) is 15.0 Å². The van der Waals surface area contributed by atoms with Gasteiger partial charge in [0.15, 0.2) is 0 Å². The number of aromatic nitrogens is 3. The lowest BCUT2D eigenvalue weighted by Crippen LogP contribution is -2.15. The predicted molar refractivity (Wildman–Crippen MR) is 112 cm³/mol. The fraction of sp³-hybridized carbons (Fsp3) is 0.150. The van der Waals surface area contributed by atoms with Crippen molar-refractivity contribution < 1.29 is 4.79 Å². The van der Waals surface area contributed by atoms with Gasteiger partial charge in [0.25, 0.3) is 0 Å². The van der Waals surface area contributed by atoms with Crippen molar-refractivity contribution in [3.8, 4) is 0 Å². The molecule has 27 heavy (non-hydrogen) atoms. The number of hydrogen-bond donors (Lipinski definition) is 2. The third-order valence-corrected chi connectivity index (χ3v) is 5.78. The highest BCUT2D eigenvalue weighted by Gasteiger charge is 2.13. The molecule has 0 atom stereocenters. The Morgan fingerprint density at radius 3 is 2.93 bits per heavy atom. The van der Waals surface area contributed by atoms with Crippen LogP contribution in [0.1, 0.15) is 11.1 Å². The largest absolute Gasteiger partial charge is 0.351 e. The Hall–Kier alpha value is -2.57. The van der Waals surface area contributed by atoms with Crippen molar-refractivity contribution in [3.05, 3.63) is 58.9 Å². The smallest absolute Gasteiger partial charge is 0.234 e. The monoisotopic (exact) mass is 396 g/mol. The molecule has 0 aliphatic carbocycles. The van der Waals surface area contributed by atoms with Gasteiger partial charge in [0.1, 0.15) is 16.9 Å². The van der Waals surface area contributed by atoms with Crippen molar-refractivity contribution in [2.45, 2.75) is 18.9 Å². The number of nitrogens with zero attached hydrogens (tertiary/aromatic N) is 2. The van der Waals surface area contributed by atoms with Gasteiger partial charge < -0.3 is 10.3 Å². The Kier molecular flexibility index (Phi) is 4.76. The zero-order valence-electron chi connectivity index (χ0n) is 14.8. The molecule has 0 spiro atoms. The second-order valence-electron chi connectivity index (χ2n) is 6.33. The average molecular weight is 397 g/mol. The molecule has 0 fully saturated rings. The summed E-state index contributed by atoms with van der Waals surface area (Å²) in [6.07, 6.45) is 1.54. The number of hydrogen-bond acceptors (Lipinski definition) is 4. The number of carbonyl (C=O) groups is 1. The van der Waals surface area contributed by atoms with E-state index in [4.69, 9.17) is 11.6 Å². The van der Waals surface area contributed by atoms with Gasteiger partial charge in [0.05, 0.1) is 11.3 Å². The number of amides is 1. The van der Waals surface area contributed by atoms with Gasteiger partial charge in [-0.1, -0.05) is 41.1 Å². The first-order valence-electron chi connectivity index (χ1n) is 8.44. The fourth-order valence-electron chi connectivity index (χ4n) is 2.96. The Balaban J connectivity index is 1.56.